The second-order valence-electron chi connectivity index (χ2n) is 16.1. The lowest BCUT2D eigenvalue weighted by atomic mass is 9.88. The molecule has 0 fully saturated rings. The minimum Gasteiger partial charge on any atom is -0.310 e. The highest BCUT2D eigenvalue weighted by Crippen LogP contribution is 2.47. The summed E-state index contributed by atoms with van der Waals surface area (Å²) in [7, 11) is 0. The van der Waals surface area contributed by atoms with Gasteiger partial charge in [0.2, 0.25) is 0 Å². The molecule has 296 valence electrons. The van der Waals surface area contributed by atoms with Gasteiger partial charge >= 0.3 is 0 Å². The molecule has 0 amide bonds. The van der Waals surface area contributed by atoms with Crippen LogP contribution in [0.4, 0.5) is 17.1 Å². The predicted octanol–water partition coefficient (Wildman–Crippen LogP) is 17.3. The highest BCUT2D eigenvalue weighted by Gasteiger charge is 2.22. The summed E-state index contributed by atoms with van der Waals surface area (Å²) in [6.07, 6.45) is 0. The van der Waals surface area contributed by atoms with Gasteiger partial charge in [-0.25, -0.2) is 0 Å². The molecule has 0 atom stereocenters. The van der Waals surface area contributed by atoms with Gasteiger partial charge in [-0.15, -0.1) is 11.3 Å². The number of para-hydroxylation sites is 3. The van der Waals surface area contributed by atoms with Gasteiger partial charge in [-0.05, 0) is 99.6 Å². The second-order valence-corrected chi connectivity index (χ2v) is 17.1. The van der Waals surface area contributed by atoms with Crippen LogP contribution in [0.15, 0.2) is 243 Å². The average Bonchev–Trinajstić information content (AvgIpc) is 3.90. The number of benzene rings is 10. The molecule has 0 radical (unpaired) electrons. The molecule has 0 bridgehead atoms. The summed E-state index contributed by atoms with van der Waals surface area (Å²) in [5.41, 5.74) is 16.3. The summed E-state index contributed by atoms with van der Waals surface area (Å²) >= 11 is 1.86. The fourth-order valence-electron chi connectivity index (χ4n) is 9.53. The van der Waals surface area contributed by atoms with Crippen molar-refractivity contribution in [1.29, 1.82) is 0 Å². The number of rotatable bonds is 8. The van der Waals surface area contributed by atoms with E-state index in [-0.39, 0.29) is 0 Å². The Balaban J connectivity index is 1.06. The lowest BCUT2D eigenvalue weighted by Gasteiger charge is -2.29. The van der Waals surface area contributed by atoms with E-state index in [1.54, 1.807) is 0 Å². The van der Waals surface area contributed by atoms with Crippen LogP contribution in [0.1, 0.15) is 0 Å². The van der Waals surface area contributed by atoms with Gasteiger partial charge in [0.25, 0.3) is 0 Å². The van der Waals surface area contributed by atoms with E-state index in [4.69, 9.17) is 0 Å². The third-order valence-corrected chi connectivity index (χ3v) is 13.6. The Bertz CT molecular complexity index is 3620. The lowest BCUT2D eigenvalue weighted by molar-refractivity contribution is 1.18. The summed E-state index contributed by atoms with van der Waals surface area (Å²) in [6, 6.07) is 88.4. The van der Waals surface area contributed by atoms with E-state index in [0.29, 0.717) is 0 Å². The number of thiophene rings is 1. The van der Waals surface area contributed by atoms with Crippen molar-refractivity contribution in [3.8, 4) is 50.2 Å². The zero-order valence-electron chi connectivity index (χ0n) is 34.4. The van der Waals surface area contributed by atoms with Gasteiger partial charge in [-0.2, -0.15) is 0 Å². The van der Waals surface area contributed by atoms with Crippen molar-refractivity contribution in [1.82, 2.24) is 4.57 Å². The van der Waals surface area contributed by atoms with E-state index in [0.717, 1.165) is 33.8 Å². The molecule has 0 saturated heterocycles. The molecule has 2 aromatic heterocycles. The van der Waals surface area contributed by atoms with Gasteiger partial charge in [0.05, 0.1) is 16.7 Å². The first-order valence-electron chi connectivity index (χ1n) is 21.5. The molecule has 3 heteroatoms. The third kappa shape index (κ3) is 6.41. The van der Waals surface area contributed by atoms with Crippen LogP contribution in [-0.4, -0.2) is 4.57 Å². The first kappa shape index (κ1) is 36.8. The fourth-order valence-corrected chi connectivity index (χ4v) is 10.7. The molecule has 0 aliphatic heterocycles. The Kier molecular flexibility index (Phi) is 9.06. The Morgan fingerprint density at radius 2 is 0.825 bits per heavy atom. The number of hydrogen-bond donors (Lipinski definition) is 0. The van der Waals surface area contributed by atoms with E-state index in [1.807, 2.05) is 11.3 Å². The standard InChI is InChI=1S/C60H40N2S/c1-3-17-42(18-4-1)47-21-7-8-22-48(47)49-23-9-10-24-50(49)51-25-11-14-28-56(51)61(45-34-31-41(32-35-45)43-33-37-55-54-27-13-16-30-59(54)63-60(55)39-43)46-36-38-53-52-26-12-15-29-57(52)62(58(53)40-46)44-19-5-2-6-20-44/h1-40H. The minimum atomic E-state index is 1.08. The maximum absolute atomic E-state index is 2.45. The van der Waals surface area contributed by atoms with Crippen molar-refractivity contribution in [3.05, 3.63) is 243 Å². The Morgan fingerprint density at radius 3 is 1.60 bits per heavy atom. The molecule has 2 heterocycles. The monoisotopic (exact) mass is 820 g/mol. The van der Waals surface area contributed by atoms with Crippen LogP contribution in [0.25, 0.3) is 92.2 Å². The molecule has 12 aromatic rings. The van der Waals surface area contributed by atoms with Crippen LogP contribution >= 0.6 is 11.3 Å². The van der Waals surface area contributed by atoms with Crippen molar-refractivity contribution in [2.75, 3.05) is 4.90 Å². The smallest absolute Gasteiger partial charge is 0.0561 e. The fraction of sp³-hybridized carbons (Fsp3) is 0. The lowest BCUT2D eigenvalue weighted by Crippen LogP contribution is -2.11. The van der Waals surface area contributed by atoms with Crippen LogP contribution in [-0.2, 0) is 0 Å². The van der Waals surface area contributed by atoms with Crippen molar-refractivity contribution >= 4 is 70.4 Å². The zero-order valence-corrected chi connectivity index (χ0v) is 35.2. The molecule has 0 aliphatic rings. The Hall–Kier alpha value is -7.98. The molecular weight excluding hydrogens is 781 g/mol. The molecule has 0 unspecified atom stereocenters. The van der Waals surface area contributed by atoms with Crippen LogP contribution in [0.3, 0.4) is 0 Å². The van der Waals surface area contributed by atoms with Crippen molar-refractivity contribution in [2.45, 2.75) is 0 Å². The molecule has 0 N–H and O–H groups in total. The van der Waals surface area contributed by atoms with Gasteiger partial charge in [-0.1, -0.05) is 182 Å². The van der Waals surface area contributed by atoms with Crippen LogP contribution in [0.5, 0.6) is 0 Å². The molecular formula is C60H40N2S. The molecule has 0 saturated carbocycles. The van der Waals surface area contributed by atoms with Gasteiger partial charge in [-0.3, -0.25) is 0 Å². The molecule has 0 aliphatic carbocycles. The van der Waals surface area contributed by atoms with Crippen LogP contribution < -0.4 is 4.90 Å². The normalized spacial score (nSPS) is 11.5. The number of fused-ring (bicyclic) bond motifs is 6. The molecule has 63 heavy (non-hydrogen) atoms. The Labute approximate surface area is 370 Å². The number of nitrogens with zero attached hydrogens (tertiary/aromatic N) is 2. The SMILES string of the molecule is c1ccc(-c2ccccc2-c2ccccc2-c2ccccc2N(c2ccc(-c3ccc4c(c3)sc3ccccc34)cc2)c2ccc3c4ccccc4n(-c4ccccc4)c3c2)cc1. The summed E-state index contributed by atoms with van der Waals surface area (Å²) in [4.78, 5) is 2.45. The predicted molar refractivity (Wildman–Crippen MR) is 270 cm³/mol. The van der Waals surface area contributed by atoms with E-state index in [2.05, 4.69) is 252 Å². The molecule has 12 rings (SSSR count). The second kappa shape index (κ2) is 15.5. The van der Waals surface area contributed by atoms with E-state index in [1.165, 1.54) is 75.4 Å². The maximum atomic E-state index is 2.45. The summed E-state index contributed by atoms with van der Waals surface area (Å²) < 4.78 is 5.03. The third-order valence-electron chi connectivity index (χ3n) is 12.4. The van der Waals surface area contributed by atoms with Gasteiger partial charge in [0.1, 0.15) is 0 Å². The van der Waals surface area contributed by atoms with E-state index >= 15 is 0 Å². The maximum Gasteiger partial charge on any atom is 0.0561 e. The van der Waals surface area contributed by atoms with E-state index < -0.39 is 0 Å². The van der Waals surface area contributed by atoms with Gasteiger partial charge < -0.3 is 9.47 Å². The highest BCUT2D eigenvalue weighted by atomic mass is 32.1. The summed E-state index contributed by atoms with van der Waals surface area (Å²) in [5.74, 6) is 0. The van der Waals surface area contributed by atoms with Crippen molar-refractivity contribution in [2.24, 2.45) is 0 Å². The summed E-state index contributed by atoms with van der Waals surface area (Å²) in [6.45, 7) is 0. The van der Waals surface area contributed by atoms with E-state index in [9.17, 15) is 0 Å². The molecule has 10 aromatic carbocycles. The number of aromatic nitrogens is 1. The number of hydrogen-bond acceptors (Lipinski definition) is 2. The van der Waals surface area contributed by atoms with Gasteiger partial charge in [0, 0.05) is 53.6 Å². The zero-order chi connectivity index (χ0) is 41.7. The minimum absolute atomic E-state index is 1.08. The van der Waals surface area contributed by atoms with Crippen molar-refractivity contribution in [3.63, 3.8) is 0 Å². The number of anilines is 3. The largest absolute Gasteiger partial charge is 0.310 e. The molecule has 2 nitrogen and oxygen atoms in total. The quantitative estimate of drug-likeness (QED) is 0.148. The van der Waals surface area contributed by atoms with Crippen LogP contribution in [0.2, 0.25) is 0 Å². The average molecular weight is 821 g/mol. The molecule has 0 spiro atoms. The highest BCUT2D eigenvalue weighted by molar-refractivity contribution is 7.25. The topological polar surface area (TPSA) is 8.17 Å². The summed E-state index contributed by atoms with van der Waals surface area (Å²) in [5, 5.41) is 5.10. The van der Waals surface area contributed by atoms with Crippen molar-refractivity contribution < 1.29 is 0 Å². The Morgan fingerprint density at radius 1 is 0.302 bits per heavy atom. The van der Waals surface area contributed by atoms with Crippen LogP contribution in [0, 0.1) is 0 Å². The van der Waals surface area contributed by atoms with Gasteiger partial charge in [0.15, 0.2) is 0 Å². The first-order valence-corrected chi connectivity index (χ1v) is 22.3. The first-order chi connectivity index (χ1) is 31.3.